The van der Waals surface area contributed by atoms with Crippen LogP contribution in [0.15, 0.2) is 18.2 Å². The summed E-state index contributed by atoms with van der Waals surface area (Å²) in [6.07, 6.45) is 2.89. The van der Waals surface area contributed by atoms with Crippen LogP contribution >= 0.6 is 0 Å². The highest BCUT2D eigenvalue weighted by Gasteiger charge is 2.30. The average Bonchev–Trinajstić information content (AvgIpc) is 3.22. The third-order valence-electron chi connectivity index (χ3n) is 5.97. The van der Waals surface area contributed by atoms with Crippen molar-refractivity contribution in [1.82, 2.24) is 9.88 Å². The first kappa shape index (κ1) is 20.5. The number of ketones is 1. The third kappa shape index (κ3) is 3.81. The first-order valence-corrected chi connectivity index (χ1v) is 10.4. The predicted molar refractivity (Wildman–Crippen MR) is 112 cm³/mol. The van der Waals surface area contributed by atoms with E-state index in [1.165, 1.54) is 7.11 Å². The zero-order valence-electron chi connectivity index (χ0n) is 17.7. The number of methoxy groups -OCH3 is 1. The van der Waals surface area contributed by atoms with E-state index >= 15 is 0 Å². The van der Waals surface area contributed by atoms with Crippen LogP contribution < -0.4 is 9.47 Å². The quantitative estimate of drug-likeness (QED) is 0.597. The molecule has 0 aliphatic carbocycles. The van der Waals surface area contributed by atoms with Crippen LogP contribution in [0.5, 0.6) is 11.5 Å². The molecule has 1 aromatic carbocycles. The fourth-order valence-electron chi connectivity index (χ4n) is 4.48. The van der Waals surface area contributed by atoms with E-state index in [9.17, 15) is 9.59 Å². The fraction of sp³-hybridized carbons (Fsp3) is 0.478. The molecule has 0 saturated carbocycles. The summed E-state index contributed by atoms with van der Waals surface area (Å²) in [7, 11) is 1.35. The van der Waals surface area contributed by atoms with Crippen molar-refractivity contribution in [3.63, 3.8) is 0 Å². The number of esters is 1. The number of hydrogen-bond acceptors (Lipinski definition) is 6. The van der Waals surface area contributed by atoms with Gasteiger partial charge in [-0.3, -0.25) is 9.69 Å². The van der Waals surface area contributed by atoms with Crippen LogP contribution in [0, 0.1) is 13.8 Å². The molecule has 1 atom stereocenters. The van der Waals surface area contributed by atoms with E-state index in [1.54, 1.807) is 13.8 Å². The van der Waals surface area contributed by atoms with E-state index in [1.807, 2.05) is 12.1 Å². The molecule has 30 heavy (non-hydrogen) atoms. The summed E-state index contributed by atoms with van der Waals surface area (Å²) in [6.45, 7) is 6.03. The molecule has 160 valence electrons. The van der Waals surface area contributed by atoms with Crippen molar-refractivity contribution in [2.45, 2.75) is 39.2 Å². The minimum Gasteiger partial charge on any atom is -0.490 e. The lowest BCUT2D eigenvalue weighted by atomic mass is 10.0. The van der Waals surface area contributed by atoms with Gasteiger partial charge in [0.05, 0.1) is 38.1 Å². The van der Waals surface area contributed by atoms with Gasteiger partial charge in [-0.15, -0.1) is 0 Å². The van der Waals surface area contributed by atoms with Gasteiger partial charge in [0.2, 0.25) is 0 Å². The average molecular weight is 412 g/mol. The van der Waals surface area contributed by atoms with E-state index in [-0.39, 0.29) is 11.8 Å². The Bertz CT molecular complexity index is 965. The number of hydrogen-bond donors (Lipinski definition) is 1. The van der Waals surface area contributed by atoms with Gasteiger partial charge in [-0.2, -0.15) is 0 Å². The van der Waals surface area contributed by atoms with Crippen LogP contribution in [-0.4, -0.2) is 55.0 Å². The minimum absolute atomic E-state index is 0.0213. The van der Waals surface area contributed by atoms with Crippen LogP contribution in [0.25, 0.3) is 0 Å². The number of aromatic nitrogens is 1. The predicted octanol–water partition coefficient (Wildman–Crippen LogP) is 3.60. The number of H-pyrrole nitrogens is 1. The molecule has 1 N–H and O–H groups in total. The second kappa shape index (κ2) is 8.52. The van der Waals surface area contributed by atoms with Crippen molar-refractivity contribution in [3.05, 3.63) is 46.3 Å². The van der Waals surface area contributed by atoms with Gasteiger partial charge in [0.25, 0.3) is 0 Å². The molecule has 0 radical (unpaired) electrons. The molecule has 7 heteroatoms. The molecule has 7 nitrogen and oxygen atoms in total. The van der Waals surface area contributed by atoms with Crippen molar-refractivity contribution < 1.29 is 23.8 Å². The summed E-state index contributed by atoms with van der Waals surface area (Å²) in [5, 5.41) is 0. The zero-order valence-corrected chi connectivity index (χ0v) is 17.7. The lowest BCUT2D eigenvalue weighted by Crippen LogP contribution is -2.30. The van der Waals surface area contributed by atoms with Gasteiger partial charge in [0, 0.05) is 18.2 Å². The van der Waals surface area contributed by atoms with Crippen molar-refractivity contribution in [2.24, 2.45) is 0 Å². The number of carbonyl (C=O) groups is 2. The Hall–Kier alpha value is -2.80. The number of benzene rings is 1. The van der Waals surface area contributed by atoms with Crippen molar-refractivity contribution in [3.8, 4) is 11.5 Å². The Morgan fingerprint density at radius 3 is 2.70 bits per heavy atom. The van der Waals surface area contributed by atoms with Crippen LogP contribution in [-0.2, 0) is 4.74 Å². The number of carbonyl (C=O) groups excluding carboxylic acids is 2. The second-order valence-electron chi connectivity index (χ2n) is 7.92. The maximum atomic E-state index is 13.1. The van der Waals surface area contributed by atoms with Gasteiger partial charge in [0.1, 0.15) is 0 Å². The monoisotopic (exact) mass is 412 g/mol. The number of aryl methyl sites for hydroxylation is 1. The largest absolute Gasteiger partial charge is 0.490 e. The minimum atomic E-state index is -0.424. The standard InChI is InChI=1S/C23H28N2O5/c1-14-21(23(27)28-3)15(2)24-22(14)18(26)13-25-9-4-6-17(25)16-7-8-19-20(12-16)30-11-5-10-29-19/h7-8,12,17,24H,4-6,9-11,13H2,1-3H3/t17-/m0/s1. The molecular weight excluding hydrogens is 384 g/mol. The van der Waals surface area contributed by atoms with E-state index < -0.39 is 5.97 Å². The summed E-state index contributed by atoms with van der Waals surface area (Å²) in [6, 6.07) is 6.24. The van der Waals surface area contributed by atoms with Crippen LogP contribution in [0.2, 0.25) is 0 Å². The number of nitrogens with one attached hydrogen (secondary N) is 1. The Kier molecular flexibility index (Phi) is 5.81. The molecule has 0 amide bonds. The van der Waals surface area contributed by atoms with Gasteiger partial charge in [-0.1, -0.05) is 6.07 Å². The van der Waals surface area contributed by atoms with Crippen LogP contribution in [0.1, 0.15) is 63.0 Å². The highest BCUT2D eigenvalue weighted by atomic mass is 16.5. The Morgan fingerprint density at radius 2 is 1.93 bits per heavy atom. The SMILES string of the molecule is COC(=O)c1c(C)[nH]c(C(=O)CN2CCC[C@H]2c2ccc3c(c2)OCCCO3)c1C. The molecule has 2 aromatic rings. The first-order chi connectivity index (χ1) is 14.5. The van der Waals surface area contributed by atoms with Gasteiger partial charge in [0.15, 0.2) is 17.3 Å². The lowest BCUT2D eigenvalue weighted by molar-refractivity contribution is 0.0599. The van der Waals surface area contributed by atoms with Gasteiger partial charge < -0.3 is 19.2 Å². The summed E-state index contributed by atoms with van der Waals surface area (Å²) in [5.41, 5.74) is 3.37. The van der Waals surface area contributed by atoms with Crippen molar-refractivity contribution >= 4 is 11.8 Å². The number of likely N-dealkylation sites (tertiary alicyclic amines) is 1. The maximum absolute atomic E-state index is 13.1. The maximum Gasteiger partial charge on any atom is 0.339 e. The number of aromatic amines is 1. The topological polar surface area (TPSA) is 80.9 Å². The Balaban J connectivity index is 1.53. The molecular formula is C23H28N2O5. The van der Waals surface area contributed by atoms with E-state index in [0.29, 0.717) is 42.3 Å². The van der Waals surface area contributed by atoms with Crippen LogP contribution in [0.3, 0.4) is 0 Å². The second-order valence-corrected chi connectivity index (χ2v) is 7.92. The first-order valence-electron chi connectivity index (χ1n) is 10.4. The molecule has 0 unspecified atom stereocenters. The Labute approximate surface area is 176 Å². The summed E-state index contributed by atoms with van der Waals surface area (Å²) < 4.78 is 16.4. The molecule has 0 spiro atoms. The van der Waals surface area contributed by atoms with Crippen molar-refractivity contribution in [1.29, 1.82) is 0 Å². The normalized spacial score (nSPS) is 18.8. The van der Waals surface area contributed by atoms with Crippen molar-refractivity contribution in [2.75, 3.05) is 33.4 Å². The molecule has 1 fully saturated rings. The summed E-state index contributed by atoms with van der Waals surface area (Å²) in [4.78, 5) is 30.4. The Morgan fingerprint density at radius 1 is 1.17 bits per heavy atom. The molecule has 2 aliphatic heterocycles. The van der Waals surface area contributed by atoms with Gasteiger partial charge >= 0.3 is 5.97 Å². The number of fused-ring (bicyclic) bond motifs is 1. The number of rotatable bonds is 5. The molecule has 0 bridgehead atoms. The molecule has 2 aliphatic rings. The summed E-state index contributed by atoms with van der Waals surface area (Å²) in [5.74, 6) is 1.12. The molecule has 4 rings (SSSR count). The van der Waals surface area contributed by atoms with Crippen LogP contribution in [0.4, 0.5) is 0 Å². The highest BCUT2D eigenvalue weighted by molar-refractivity contribution is 6.02. The lowest BCUT2D eigenvalue weighted by Gasteiger charge is -2.24. The van der Waals surface area contributed by atoms with Gasteiger partial charge in [-0.25, -0.2) is 4.79 Å². The van der Waals surface area contributed by atoms with E-state index in [2.05, 4.69) is 16.0 Å². The highest BCUT2D eigenvalue weighted by Crippen LogP contribution is 2.38. The smallest absolute Gasteiger partial charge is 0.339 e. The molecule has 3 heterocycles. The number of ether oxygens (including phenoxy) is 3. The molecule has 1 aromatic heterocycles. The van der Waals surface area contributed by atoms with Gasteiger partial charge in [-0.05, 0) is 56.5 Å². The summed E-state index contributed by atoms with van der Waals surface area (Å²) >= 11 is 0. The number of nitrogens with zero attached hydrogens (tertiary/aromatic N) is 1. The number of Topliss-reactive ketones (excluding diaryl/α,β-unsaturated/α-hetero) is 1. The third-order valence-corrected chi connectivity index (χ3v) is 5.97. The fourth-order valence-corrected chi connectivity index (χ4v) is 4.48. The van der Waals surface area contributed by atoms with E-state index in [4.69, 9.17) is 14.2 Å². The molecule has 1 saturated heterocycles. The zero-order chi connectivity index (χ0) is 21.3. The van der Waals surface area contributed by atoms with E-state index in [0.717, 1.165) is 42.9 Å².